The van der Waals surface area contributed by atoms with E-state index < -0.39 is 10.0 Å². The molecule has 0 saturated heterocycles. The Morgan fingerprint density at radius 3 is 2.32 bits per heavy atom. The Labute approximate surface area is 155 Å². The average molecular weight is 417 g/mol. The van der Waals surface area contributed by atoms with Gasteiger partial charge in [-0.15, -0.1) is 0 Å². The van der Waals surface area contributed by atoms with Gasteiger partial charge in [0.2, 0.25) is 10.0 Å². The predicted molar refractivity (Wildman–Crippen MR) is 101 cm³/mol. The van der Waals surface area contributed by atoms with Crippen LogP contribution in [-0.4, -0.2) is 23.8 Å². The van der Waals surface area contributed by atoms with Gasteiger partial charge in [-0.25, -0.2) is 8.42 Å². The van der Waals surface area contributed by atoms with Crippen LogP contribution in [0, 0.1) is 0 Å². The fourth-order valence-electron chi connectivity index (χ4n) is 3.33. The van der Waals surface area contributed by atoms with Crippen LogP contribution in [0.3, 0.4) is 0 Å². The molecular weight excluding hydrogens is 400 g/mol. The molecule has 1 aromatic heterocycles. The number of nitrogens with zero attached hydrogens (tertiary/aromatic N) is 2. The number of rotatable bonds is 3. The minimum absolute atomic E-state index is 0.331. The Kier molecular flexibility index (Phi) is 4.27. The van der Waals surface area contributed by atoms with Crippen molar-refractivity contribution >= 4 is 26.0 Å². The van der Waals surface area contributed by atoms with E-state index in [0.717, 1.165) is 15.7 Å². The number of benzene rings is 2. The van der Waals surface area contributed by atoms with E-state index >= 15 is 0 Å². The maximum absolute atomic E-state index is 13.3. The van der Waals surface area contributed by atoms with Gasteiger partial charge in [-0.2, -0.15) is 4.31 Å². The van der Waals surface area contributed by atoms with Crippen molar-refractivity contribution in [3.05, 3.63) is 88.7 Å². The smallest absolute Gasteiger partial charge is 0.244 e. The van der Waals surface area contributed by atoms with Crippen molar-refractivity contribution < 1.29 is 8.42 Å². The molecule has 1 atom stereocenters. The maximum atomic E-state index is 13.3. The summed E-state index contributed by atoms with van der Waals surface area (Å²) in [6.45, 7) is 1.10. The highest BCUT2D eigenvalue weighted by Crippen LogP contribution is 2.36. The van der Waals surface area contributed by atoms with E-state index in [-0.39, 0.29) is 6.04 Å². The Hall–Kier alpha value is -1.89. The van der Waals surface area contributed by atoms with E-state index in [1.54, 1.807) is 28.6 Å². The molecular formula is C19H17BrN2O2S. The van der Waals surface area contributed by atoms with Gasteiger partial charge >= 0.3 is 0 Å². The Balaban J connectivity index is 1.85. The second kappa shape index (κ2) is 6.44. The lowest BCUT2D eigenvalue weighted by Crippen LogP contribution is -2.42. The van der Waals surface area contributed by atoms with Crippen molar-refractivity contribution in [2.75, 3.05) is 6.54 Å². The van der Waals surface area contributed by atoms with Crippen LogP contribution < -0.4 is 0 Å². The van der Waals surface area contributed by atoms with Gasteiger partial charge in [0.25, 0.3) is 0 Å². The van der Waals surface area contributed by atoms with Gasteiger partial charge in [-0.05, 0) is 42.0 Å². The van der Waals surface area contributed by atoms with Crippen molar-refractivity contribution in [1.29, 1.82) is 0 Å². The lowest BCUT2D eigenvalue weighted by Gasteiger charge is -2.36. The van der Waals surface area contributed by atoms with Gasteiger partial charge in [-0.3, -0.25) is 0 Å². The van der Waals surface area contributed by atoms with Gasteiger partial charge in [-0.1, -0.05) is 46.3 Å². The largest absolute Gasteiger partial charge is 0.348 e. The summed E-state index contributed by atoms with van der Waals surface area (Å²) in [6, 6.07) is 20.1. The van der Waals surface area contributed by atoms with E-state index in [4.69, 9.17) is 0 Å². The topological polar surface area (TPSA) is 42.3 Å². The monoisotopic (exact) mass is 416 g/mol. The molecule has 3 aromatic rings. The van der Waals surface area contributed by atoms with Crippen molar-refractivity contribution in [2.24, 2.45) is 0 Å². The molecule has 0 spiro atoms. The van der Waals surface area contributed by atoms with Crippen LogP contribution in [0.25, 0.3) is 0 Å². The minimum atomic E-state index is -3.58. The number of hydrogen-bond donors (Lipinski definition) is 0. The second-order valence-electron chi connectivity index (χ2n) is 6.01. The van der Waals surface area contributed by atoms with Crippen LogP contribution in [0.15, 0.2) is 82.3 Å². The summed E-state index contributed by atoms with van der Waals surface area (Å²) in [5.41, 5.74) is 1.95. The average Bonchev–Trinajstić information content (AvgIpc) is 3.11. The summed E-state index contributed by atoms with van der Waals surface area (Å²) in [7, 11) is -3.58. The van der Waals surface area contributed by atoms with Gasteiger partial charge in [0.15, 0.2) is 0 Å². The molecule has 6 heteroatoms. The molecule has 0 amide bonds. The summed E-state index contributed by atoms with van der Waals surface area (Å²) in [5, 5.41) is 0. The van der Waals surface area contributed by atoms with Crippen molar-refractivity contribution in [1.82, 2.24) is 8.87 Å². The van der Waals surface area contributed by atoms with Gasteiger partial charge < -0.3 is 4.57 Å². The van der Waals surface area contributed by atoms with Gasteiger partial charge in [0.1, 0.15) is 0 Å². The molecule has 2 heterocycles. The van der Waals surface area contributed by atoms with E-state index in [9.17, 15) is 8.42 Å². The molecule has 1 aliphatic heterocycles. The molecule has 2 aromatic carbocycles. The fourth-order valence-corrected chi connectivity index (χ4v) is 5.20. The highest BCUT2D eigenvalue weighted by molar-refractivity contribution is 9.10. The number of sulfonamides is 1. The molecule has 4 rings (SSSR count). The molecule has 1 unspecified atom stereocenters. The quantitative estimate of drug-likeness (QED) is 0.646. The molecule has 0 N–H and O–H groups in total. The third-order valence-electron chi connectivity index (χ3n) is 4.53. The van der Waals surface area contributed by atoms with E-state index in [2.05, 4.69) is 20.5 Å². The lowest BCUT2D eigenvalue weighted by molar-refractivity contribution is 0.298. The van der Waals surface area contributed by atoms with E-state index in [0.29, 0.717) is 18.0 Å². The molecule has 128 valence electrons. The van der Waals surface area contributed by atoms with E-state index in [1.165, 1.54) is 0 Å². The Bertz CT molecular complexity index is 982. The fraction of sp³-hybridized carbons (Fsp3) is 0.158. The summed E-state index contributed by atoms with van der Waals surface area (Å²) in [4.78, 5) is 0.331. The van der Waals surface area contributed by atoms with Gasteiger partial charge in [0, 0.05) is 29.5 Å². The first-order valence-electron chi connectivity index (χ1n) is 8.05. The molecule has 0 aliphatic carbocycles. The summed E-state index contributed by atoms with van der Waals surface area (Å²) < 4.78 is 31.3. The van der Waals surface area contributed by atoms with Crippen LogP contribution in [0.5, 0.6) is 0 Å². The van der Waals surface area contributed by atoms with Crippen molar-refractivity contribution in [3.63, 3.8) is 0 Å². The number of fused-ring (bicyclic) bond motifs is 1. The summed E-state index contributed by atoms with van der Waals surface area (Å²) >= 11 is 3.45. The molecule has 0 bridgehead atoms. The third kappa shape index (κ3) is 2.94. The first-order chi connectivity index (χ1) is 12.1. The first-order valence-corrected chi connectivity index (χ1v) is 10.3. The zero-order valence-corrected chi connectivity index (χ0v) is 15.8. The number of hydrogen-bond acceptors (Lipinski definition) is 2. The molecule has 0 fully saturated rings. The molecule has 4 nitrogen and oxygen atoms in total. The van der Waals surface area contributed by atoms with Crippen molar-refractivity contribution in [3.8, 4) is 0 Å². The molecule has 0 saturated carbocycles. The molecule has 25 heavy (non-hydrogen) atoms. The Morgan fingerprint density at radius 2 is 1.60 bits per heavy atom. The standard InChI is InChI=1S/C19H17BrN2O2S/c20-16-10-8-15(9-11-16)19-18-7-4-12-21(18)13-14-22(19)25(23,24)17-5-2-1-3-6-17/h1-12,19H,13-14H2. The molecule has 0 radical (unpaired) electrons. The van der Waals surface area contributed by atoms with Crippen LogP contribution in [-0.2, 0) is 16.6 Å². The Morgan fingerprint density at radius 1 is 0.880 bits per heavy atom. The van der Waals surface area contributed by atoms with Crippen LogP contribution >= 0.6 is 15.9 Å². The number of aromatic nitrogens is 1. The SMILES string of the molecule is O=S(=O)(c1ccccc1)N1CCn2cccc2C1c1ccc(Br)cc1. The summed E-state index contributed by atoms with van der Waals surface area (Å²) in [5.74, 6) is 0. The minimum Gasteiger partial charge on any atom is -0.348 e. The van der Waals surface area contributed by atoms with E-state index in [1.807, 2.05) is 48.7 Å². The zero-order chi connectivity index (χ0) is 17.4. The molecule has 1 aliphatic rings. The third-order valence-corrected chi connectivity index (χ3v) is 6.94. The van der Waals surface area contributed by atoms with Crippen LogP contribution in [0.2, 0.25) is 0 Å². The summed E-state index contributed by atoms with van der Waals surface area (Å²) in [6.07, 6.45) is 2.01. The van der Waals surface area contributed by atoms with Crippen LogP contribution in [0.4, 0.5) is 0 Å². The van der Waals surface area contributed by atoms with Crippen molar-refractivity contribution in [2.45, 2.75) is 17.5 Å². The lowest BCUT2D eigenvalue weighted by atomic mass is 10.0. The normalized spacial score (nSPS) is 18.0. The maximum Gasteiger partial charge on any atom is 0.244 e. The highest BCUT2D eigenvalue weighted by atomic mass is 79.9. The second-order valence-corrected chi connectivity index (χ2v) is 8.82. The predicted octanol–water partition coefficient (Wildman–Crippen LogP) is 4.04. The highest BCUT2D eigenvalue weighted by Gasteiger charge is 2.37. The van der Waals surface area contributed by atoms with Gasteiger partial charge in [0.05, 0.1) is 10.9 Å². The zero-order valence-electron chi connectivity index (χ0n) is 13.4. The first kappa shape index (κ1) is 16.6. The number of halogens is 1. The van der Waals surface area contributed by atoms with Crippen LogP contribution in [0.1, 0.15) is 17.3 Å².